The van der Waals surface area contributed by atoms with Gasteiger partial charge in [0.1, 0.15) is 17.7 Å². The van der Waals surface area contributed by atoms with Crippen LogP contribution in [0, 0.1) is 5.82 Å². The third-order valence-electron chi connectivity index (χ3n) is 2.19. The summed E-state index contributed by atoms with van der Waals surface area (Å²) in [7, 11) is 1.60. The minimum atomic E-state index is -0.477. The number of benzene rings is 1. The van der Waals surface area contributed by atoms with Crippen molar-refractivity contribution in [3.63, 3.8) is 0 Å². The second-order valence-corrected chi connectivity index (χ2v) is 3.75. The van der Waals surface area contributed by atoms with E-state index >= 15 is 0 Å². The summed E-state index contributed by atoms with van der Waals surface area (Å²) < 4.78 is 23.6. The van der Waals surface area contributed by atoms with Crippen LogP contribution in [-0.4, -0.2) is 26.4 Å². The molecule has 0 spiro atoms. The lowest BCUT2D eigenvalue weighted by atomic mass is 10.2. The minimum absolute atomic E-state index is 0.0926. The van der Waals surface area contributed by atoms with E-state index in [1.807, 2.05) is 0 Å². The van der Waals surface area contributed by atoms with Crippen LogP contribution in [0.25, 0.3) is 0 Å². The highest BCUT2D eigenvalue weighted by molar-refractivity contribution is 6.31. The Hall–Kier alpha value is -1.00. The van der Waals surface area contributed by atoms with Crippen LogP contribution in [0.1, 0.15) is 0 Å². The molecule has 1 aliphatic heterocycles. The summed E-state index contributed by atoms with van der Waals surface area (Å²) in [5.41, 5.74) is 0.716. The van der Waals surface area contributed by atoms with Crippen molar-refractivity contribution in [2.24, 2.45) is 0 Å². The molecule has 2 rings (SSSR count). The van der Waals surface area contributed by atoms with Crippen molar-refractivity contribution >= 4 is 17.3 Å². The molecule has 0 radical (unpaired) electrons. The van der Waals surface area contributed by atoms with Crippen molar-refractivity contribution in [3.8, 4) is 5.75 Å². The summed E-state index contributed by atoms with van der Waals surface area (Å²) in [6.45, 7) is 1.10. The average molecular weight is 232 g/mol. The van der Waals surface area contributed by atoms with Crippen molar-refractivity contribution in [1.29, 1.82) is 0 Å². The Morgan fingerprint density at radius 1 is 1.67 bits per heavy atom. The molecule has 0 saturated heterocycles. The lowest BCUT2D eigenvalue weighted by Gasteiger charge is -2.27. The molecule has 0 bridgehead atoms. The Kier molecular flexibility index (Phi) is 2.98. The minimum Gasteiger partial charge on any atom is -0.484 e. The molecule has 1 N–H and O–H groups in total. The number of ether oxygens (including phenoxy) is 2. The average Bonchev–Trinajstić information content (AvgIpc) is 2.21. The van der Waals surface area contributed by atoms with Gasteiger partial charge in [-0.1, -0.05) is 11.6 Å². The van der Waals surface area contributed by atoms with Crippen molar-refractivity contribution in [2.45, 2.75) is 6.10 Å². The van der Waals surface area contributed by atoms with E-state index in [-0.39, 0.29) is 11.1 Å². The number of hydrogen-bond donors (Lipinski definition) is 1. The van der Waals surface area contributed by atoms with Crippen LogP contribution >= 0.6 is 11.6 Å². The highest BCUT2D eigenvalue weighted by atomic mass is 35.5. The van der Waals surface area contributed by atoms with Crippen LogP contribution < -0.4 is 10.1 Å². The zero-order valence-electron chi connectivity index (χ0n) is 8.22. The smallest absolute Gasteiger partial charge is 0.146 e. The quantitative estimate of drug-likeness (QED) is 0.847. The first-order valence-electron chi connectivity index (χ1n) is 4.59. The topological polar surface area (TPSA) is 30.5 Å². The van der Waals surface area contributed by atoms with E-state index < -0.39 is 5.82 Å². The van der Waals surface area contributed by atoms with E-state index in [0.29, 0.717) is 24.6 Å². The van der Waals surface area contributed by atoms with Gasteiger partial charge in [-0.2, -0.15) is 0 Å². The zero-order chi connectivity index (χ0) is 10.8. The van der Waals surface area contributed by atoms with Gasteiger partial charge in [-0.25, -0.2) is 4.39 Å². The fourth-order valence-electron chi connectivity index (χ4n) is 1.49. The Morgan fingerprint density at radius 2 is 2.47 bits per heavy atom. The maximum Gasteiger partial charge on any atom is 0.146 e. The van der Waals surface area contributed by atoms with Gasteiger partial charge < -0.3 is 14.8 Å². The third kappa shape index (κ3) is 2.16. The van der Waals surface area contributed by atoms with Gasteiger partial charge in [-0.15, -0.1) is 0 Å². The van der Waals surface area contributed by atoms with E-state index in [1.165, 1.54) is 12.1 Å². The first-order valence-corrected chi connectivity index (χ1v) is 4.97. The molecule has 5 heteroatoms. The number of hydrogen-bond acceptors (Lipinski definition) is 3. The molecule has 15 heavy (non-hydrogen) atoms. The van der Waals surface area contributed by atoms with Gasteiger partial charge in [-0.05, 0) is 6.07 Å². The van der Waals surface area contributed by atoms with E-state index in [0.717, 1.165) is 0 Å². The summed E-state index contributed by atoms with van der Waals surface area (Å²) in [6.07, 6.45) is -0.0944. The Bertz CT molecular complexity index is 373. The van der Waals surface area contributed by atoms with Crippen LogP contribution in [0.5, 0.6) is 5.75 Å². The lowest BCUT2D eigenvalue weighted by molar-refractivity contribution is 0.0845. The molecular formula is C10H11ClFNO2. The molecule has 0 amide bonds. The Morgan fingerprint density at radius 3 is 3.20 bits per heavy atom. The molecule has 1 aromatic carbocycles. The van der Waals surface area contributed by atoms with Crippen LogP contribution in [0.3, 0.4) is 0 Å². The molecule has 0 fully saturated rings. The second kappa shape index (κ2) is 4.24. The Labute approximate surface area is 92.1 Å². The maximum atomic E-state index is 13.1. The van der Waals surface area contributed by atoms with E-state index in [4.69, 9.17) is 21.1 Å². The highest BCUT2D eigenvalue weighted by Gasteiger charge is 2.20. The van der Waals surface area contributed by atoms with E-state index in [2.05, 4.69) is 5.32 Å². The standard InChI is InChI=1S/C10H11ClFNO2/c1-14-5-6-4-13-9-2-7(11)8(12)3-10(9)15-6/h2-3,6,13H,4-5H2,1H3. The van der Waals surface area contributed by atoms with Gasteiger partial charge in [0.05, 0.1) is 23.9 Å². The van der Waals surface area contributed by atoms with Crippen LogP contribution in [0.2, 0.25) is 5.02 Å². The number of anilines is 1. The second-order valence-electron chi connectivity index (χ2n) is 3.34. The van der Waals surface area contributed by atoms with Gasteiger partial charge in [0.15, 0.2) is 0 Å². The summed E-state index contributed by atoms with van der Waals surface area (Å²) >= 11 is 5.65. The van der Waals surface area contributed by atoms with Gasteiger partial charge >= 0.3 is 0 Å². The first kappa shape index (κ1) is 10.5. The zero-order valence-corrected chi connectivity index (χ0v) is 8.97. The fourth-order valence-corrected chi connectivity index (χ4v) is 1.65. The van der Waals surface area contributed by atoms with Crippen LogP contribution in [-0.2, 0) is 4.74 Å². The molecular weight excluding hydrogens is 221 g/mol. The van der Waals surface area contributed by atoms with Crippen molar-refractivity contribution in [3.05, 3.63) is 23.0 Å². The van der Waals surface area contributed by atoms with E-state index in [1.54, 1.807) is 7.11 Å². The lowest BCUT2D eigenvalue weighted by Crippen LogP contribution is -2.34. The molecule has 3 nitrogen and oxygen atoms in total. The first-order chi connectivity index (χ1) is 7.20. The third-order valence-corrected chi connectivity index (χ3v) is 2.48. The summed E-state index contributed by atoms with van der Waals surface area (Å²) in [5.74, 6) is 0.000448. The monoisotopic (exact) mass is 231 g/mol. The van der Waals surface area contributed by atoms with Gasteiger partial charge in [0.2, 0.25) is 0 Å². The van der Waals surface area contributed by atoms with Crippen molar-refractivity contribution in [1.82, 2.24) is 0 Å². The predicted molar refractivity (Wildman–Crippen MR) is 56.2 cm³/mol. The van der Waals surface area contributed by atoms with Crippen LogP contribution in [0.4, 0.5) is 10.1 Å². The number of halogens is 2. The molecule has 0 aromatic heterocycles. The van der Waals surface area contributed by atoms with Gasteiger partial charge in [0.25, 0.3) is 0 Å². The van der Waals surface area contributed by atoms with Crippen LogP contribution in [0.15, 0.2) is 12.1 Å². The normalized spacial score (nSPS) is 19.0. The molecule has 1 atom stereocenters. The van der Waals surface area contributed by atoms with E-state index in [9.17, 15) is 4.39 Å². The van der Waals surface area contributed by atoms with Crippen molar-refractivity contribution < 1.29 is 13.9 Å². The number of methoxy groups -OCH3 is 1. The largest absolute Gasteiger partial charge is 0.484 e. The fraction of sp³-hybridized carbons (Fsp3) is 0.400. The van der Waals surface area contributed by atoms with Gasteiger partial charge in [-0.3, -0.25) is 0 Å². The summed E-state index contributed by atoms with van der Waals surface area (Å²) in [5, 5.41) is 3.20. The number of fused-ring (bicyclic) bond motifs is 1. The van der Waals surface area contributed by atoms with Gasteiger partial charge in [0, 0.05) is 13.2 Å². The molecule has 82 valence electrons. The SMILES string of the molecule is COCC1CNc2cc(Cl)c(F)cc2O1. The maximum absolute atomic E-state index is 13.1. The summed E-state index contributed by atoms with van der Waals surface area (Å²) in [6, 6.07) is 2.81. The highest BCUT2D eigenvalue weighted by Crippen LogP contribution is 2.33. The number of nitrogens with one attached hydrogen (secondary N) is 1. The Balaban J connectivity index is 2.22. The molecule has 1 unspecified atom stereocenters. The molecule has 0 aliphatic carbocycles. The summed E-state index contributed by atoms with van der Waals surface area (Å²) in [4.78, 5) is 0. The molecule has 1 aliphatic rings. The number of rotatable bonds is 2. The molecule has 0 saturated carbocycles. The molecule has 1 aromatic rings. The molecule has 1 heterocycles. The van der Waals surface area contributed by atoms with Crippen molar-refractivity contribution in [2.75, 3.05) is 25.6 Å². The predicted octanol–water partition coefficient (Wildman–Crippen LogP) is 2.30.